The maximum atomic E-state index is 4.17. The van der Waals surface area contributed by atoms with Crippen molar-refractivity contribution in [2.45, 2.75) is 5.03 Å². The SMILES string of the molecule is CSc1nnnc2c1ncn2C. The van der Waals surface area contributed by atoms with Crippen molar-refractivity contribution in [3.63, 3.8) is 0 Å². The van der Waals surface area contributed by atoms with Crippen LogP contribution in [0.1, 0.15) is 0 Å². The molecule has 6 heteroatoms. The zero-order valence-electron chi connectivity index (χ0n) is 6.72. The molecule has 0 aromatic carbocycles. The van der Waals surface area contributed by atoms with Gasteiger partial charge in [0.25, 0.3) is 0 Å². The molecule has 0 atom stereocenters. The van der Waals surface area contributed by atoms with Gasteiger partial charge in [0.15, 0.2) is 5.65 Å². The lowest BCUT2D eigenvalue weighted by Crippen LogP contribution is -1.94. The van der Waals surface area contributed by atoms with Crippen LogP contribution in [-0.4, -0.2) is 31.2 Å². The van der Waals surface area contributed by atoms with E-state index in [0.717, 1.165) is 16.2 Å². The van der Waals surface area contributed by atoms with Gasteiger partial charge in [-0.15, -0.1) is 22.0 Å². The van der Waals surface area contributed by atoms with Crippen molar-refractivity contribution in [3.05, 3.63) is 6.33 Å². The van der Waals surface area contributed by atoms with Crippen LogP contribution in [0.25, 0.3) is 11.2 Å². The lowest BCUT2D eigenvalue weighted by atomic mass is 10.6. The van der Waals surface area contributed by atoms with E-state index in [9.17, 15) is 0 Å². The van der Waals surface area contributed by atoms with E-state index in [-0.39, 0.29) is 0 Å². The van der Waals surface area contributed by atoms with Gasteiger partial charge in [-0.1, -0.05) is 0 Å². The molecule has 0 radical (unpaired) electrons. The van der Waals surface area contributed by atoms with Gasteiger partial charge in [-0.05, 0) is 11.5 Å². The van der Waals surface area contributed by atoms with Crippen LogP contribution in [0, 0.1) is 0 Å². The van der Waals surface area contributed by atoms with Gasteiger partial charge in [0.05, 0.1) is 6.33 Å². The zero-order valence-corrected chi connectivity index (χ0v) is 7.54. The summed E-state index contributed by atoms with van der Waals surface area (Å²) < 4.78 is 1.82. The Labute approximate surface area is 73.2 Å². The third-order valence-electron chi connectivity index (χ3n) is 1.58. The van der Waals surface area contributed by atoms with Crippen LogP contribution in [0.15, 0.2) is 11.4 Å². The van der Waals surface area contributed by atoms with Crippen molar-refractivity contribution in [2.24, 2.45) is 7.05 Å². The van der Waals surface area contributed by atoms with E-state index in [0.29, 0.717) is 0 Å². The average molecular weight is 181 g/mol. The highest BCUT2D eigenvalue weighted by Gasteiger charge is 2.07. The van der Waals surface area contributed by atoms with Gasteiger partial charge in [-0.2, -0.15) is 0 Å². The summed E-state index contributed by atoms with van der Waals surface area (Å²) in [6.07, 6.45) is 3.65. The molecule has 62 valence electrons. The standard InChI is InChI=1S/C6H7N5S/c1-11-3-7-4-5(11)8-10-9-6(4)12-2/h3H,1-2H3. The fourth-order valence-electron chi connectivity index (χ4n) is 0.983. The third-order valence-corrected chi connectivity index (χ3v) is 2.24. The Morgan fingerprint density at radius 2 is 2.25 bits per heavy atom. The van der Waals surface area contributed by atoms with Gasteiger partial charge in [-0.25, -0.2) is 4.98 Å². The summed E-state index contributed by atoms with van der Waals surface area (Å²) in [5, 5.41) is 12.2. The van der Waals surface area contributed by atoms with Crippen LogP contribution in [-0.2, 0) is 7.05 Å². The minimum absolute atomic E-state index is 0.773. The van der Waals surface area contributed by atoms with Crippen LogP contribution in [0.5, 0.6) is 0 Å². The second-order valence-electron chi connectivity index (χ2n) is 2.33. The first kappa shape index (κ1) is 7.48. The van der Waals surface area contributed by atoms with Crippen LogP contribution >= 0.6 is 11.8 Å². The quantitative estimate of drug-likeness (QED) is 0.599. The number of aromatic nitrogens is 5. The number of thioether (sulfide) groups is 1. The second-order valence-corrected chi connectivity index (χ2v) is 3.12. The Hall–Kier alpha value is -1.17. The molecule has 12 heavy (non-hydrogen) atoms. The van der Waals surface area contributed by atoms with E-state index in [2.05, 4.69) is 20.4 Å². The minimum Gasteiger partial charge on any atom is -0.317 e. The highest BCUT2D eigenvalue weighted by molar-refractivity contribution is 7.98. The molecule has 2 heterocycles. The van der Waals surface area contributed by atoms with Crippen LogP contribution in [0.2, 0.25) is 0 Å². The van der Waals surface area contributed by atoms with E-state index in [1.165, 1.54) is 11.8 Å². The first-order valence-electron chi connectivity index (χ1n) is 3.37. The number of fused-ring (bicyclic) bond motifs is 1. The van der Waals surface area contributed by atoms with Crippen LogP contribution in [0.4, 0.5) is 0 Å². The molecular formula is C6H7N5S. The van der Waals surface area contributed by atoms with Gasteiger partial charge in [0.2, 0.25) is 0 Å². The van der Waals surface area contributed by atoms with Gasteiger partial charge < -0.3 is 4.57 Å². The Bertz CT molecular complexity index is 409. The summed E-state index contributed by atoms with van der Waals surface area (Å²) in [6.45, 7) is 0. The first-order valence-corrected chi connectivity index (χ1v) is 4.60. The van der Waals surface area contributed by atoms with Crippen molar-refractivity contribution in [2.75, 3.05) is 6.26 Å². The number of rotatable bonds is 1. The zero-order chi connectivity index (χ0) is 8.55. The van der Waals surface area contributed by atoms with Gasteiger partial charge >= 0.3 is 0 Å². The van der Waals surface area contributed by atoms with Crippen molar-refractivity contribution < 1.29 is 0 Å². The molecule has 0 spiro atoms. The number of imidazole rings is 1. The average Bonchev–Trinajstić information content (AvgIpc) is 2.48. The second kappa shape index (κ2) is 2.71. The molecule has 0 saturated carbocycles. The normalized spacial score (nSPS) is 10.8. The molecule has 0 aliphatic rings. The molecular weight excluding hydrogens is 174 g/mol. The van der Waals surface area contributed by atoms with Crippen molar-refractivity contribution >= 4 is 22.9 Å². The Morgan fingerprint density at radius 3 is 3.00 bits per heavy atom. The molecule has 0 saturated heterocycles. The van der Waals surface area contributed by atoms with E-state index in [4.69, 9.17) is 0 Å². The summed E-state index contributed by atoms with van der Waals surface area (Å²) in [4.78, 5) is 4.17. The summed E-state index contributed by atoms with van der Waals surface area (Å²) in [5.74, 6) is 0. The number of hydrogen-bond donors (Lipinski definition) is 0. The topological polar surface area (TPSA) is 56.5 Å². The molecule has 0 aliphatic carbocycles. The van der Waals surface area contributed by atoms with E-state index in [1.54, 1.807) is 6.33 Å². The molecule has 0 amide bonds. The molecule has 0 N–H and O–H groups in total. The van der Waals surface area contributed by atoms with Gasteiger partial charge in [-0.3, -0.25) is 0 Å². The molecule has 0 fully saturated rings. The maximum absolute atomic E-state index is 4.17. The molecule has 5 nitrogen and oxygen atoms in total. The fraction of sp³-hybridized carbons (Fsp3) is 0.333. The van der Waals surface area contributed by atoms with E-state index in [1.807, 2.05) is 17.9 Å². The molecule has 2 rings (SSSR count). The van der Waals surface area contributed by atoms with Crippen molar-refractivity contribution in [1.82, 2.24) is 25.0 Å². The maximum Gasteiger partial charge on any atom is 0.186 e. The predicted octanol–water partition coefficient (Wildman–Crippen LogP) is 0.480. The van der Waals surface area contributed by atoms with E-state index < -0.39 is 0 Å². The minimum atomic E-state index is 0.773. The van der Waals surface area contributed by atoms with E-state index >= 15 is 0 Å². The number of hydrogen-bond acceptors (Lipinski definition) is 5. The van der Waals surface area contributed by atoms with Crippen molar-refractivity contribution in [3.8, 4) is 0 Å². The molecule has 2 aromatic heterocycles. The Kier molecular flexibility index (Phi) is 1.69. The highest BCUT2D eigenvalue weighted by Crippen LogP contribution is 2.18. The summed E-state index contributed by atoms with van der Waals surface area (Å²) in [5.41, 5.74) is 1.59. The van der Waals surface area contributed by atoms with Gasteiger partial charge in [0, 0.05) is 7.05 Å². The molecule has 2 aromatic rings. The van der Waals surface area contributed by atoms with Crippen molar-refractivity contribution in [1.29, 1.82) is 0 Å². The fourth-order valence-corrected chi connectivity index (χ4v) is 1.44. The number of nitrogens with zero attached hydrogens (tertiary/aromatic N) is 5. The number of aryl methyl sites for hydroxylation is 1. The monoisotopic (exact) mass is 181 g/mol. The highest BCUT2D eigenvalue weighted by atomic mass is 32.2. The largest absolute Gasteiger partial charge is 0.317 e. The molecule has 0 aliphatic heterocycles. The van der Waals surface area contributed by atoms with Crippen LogP contribution in [0.3, 0.4) is 0 Å². The summed E-state index contributed by atoms with van der Waals surface area (Å²) in [7, 11) is 1.88. The lowest BCUT2D eigenvalue weighted by molar-refractivity contribution is 0.811. The Balaban J connectivity index is 2.81. The van der Waals surface area contributed by atoms with Gasteiger partial charge in [0.1, 0.15) is 10.5 Å². The first-order chi connectivity index (χ1) is 5.83. The summed E-state index contributed by atoms with van der Waals surface area (Å²) in [6, 6.07) is 0. The molecule has 0 unspecified atom stereocenters. The lowest BCUT2D eigenvalue weighted by Gasteiger charge is -1.93. The third kappa shape index (κ3) is 0.953. The molecule has 0 bridgehead atoms. The van der Waals surface area contributed by atoms with Crippen LogP contribution < -0.4 is 0 Å². The Morgan fingerprint density at radius 1 is 1.42 bits per heavy atom. The smallest absolute Gasteiger partial charge is 0.186 e. The predicted molar refractivity (Wildman–Crippen MR) is 45.9 cm³/mol. The summed E-state index contributed by atoms with van der Waals surface area (Å²) >= 11 is 1.52.